The second-order valence-corrected chi connectivity index (χ2v) is 9.82. The molecule has 0 rings (SSSR count). The van der Waals surface area contributed by atoms with E-state index in [1.807, 2.05) is 0 Å². The molecular weight excluding hydrogens is 152 g/mol. The van der Waals surface area contributed by atoms with Crippen LogP contribution >= 0.6 is 0 Å². The molecule has 0 aromatic carbocycles. The topological polar surface area (TPSA) is 38.0 Å². The van der Waals surface area contributed by atoms with Gasteiger partial charge in [0.05, 0.1) is 0 Å². The predicted octanol–water partition coefficient (Wildman–Crippen LogP) is 1.26. The molecule has 0 aliphatic rings. The Labute approximate surface area is 71.6 Å². The summed E-state index contributed by atoms with van der Waals surface area (Å²) in [6, 6.07) is 1.42. The molecule has 68 valence electrons. The van der Waals surface area contributed by atoms with Crippen molar-refractivity contribution >= 4 is 8.07 Å². The predicted molar refractivity (Wildman–Crippen MR) is 54.7 cm³/mol. The Morgan fingerprint density at radius 2 is 1.82 bits per heavy atom. The molecule has 0 aromatic rings. The molecule has 0 fully saturated rings. The highest BCUT2D eigenvalue weighted by molar-refractivity contribution is 6.76. The highest BCUT2D eigenvalue weighted by atomic mass is 28.3. The first-order valence-electron chi connectivity index (χ1n) is 4.47. The van der Waals surface area contributed by atoms with Gasteiger partial charge in [-0.1, -0.05) is 25.7 Å². The van der Waals surface area contributed by atoms with Gasteiger partial charge in [-0.2, -0.15) is 0 Å². The highest BCUT2D eigenvalue weighted by Gasteiger charge is 2.10. The summed E-state index contributed by atoms with van der Waals surface area (Å²) in [5.41, 5.74) is 5.34. The summed E-state index contributed by atoms with van der Waals surface area (Å²) < 4.78 is 0. The SMILES string of the molecule is C[Si](C)(C)CCCNCCN. The minimum atomic E-state index is -0.789. The average molecular weight is 174 g/mol. The summed E-state index contributed by atoms with van der Waals surface area (Å²) in [6.45, 7) is 10.1. The third-order valence-electron chi connectivity index (χ3n) is 1.60. The van der Waals surface area contributed by atoms with Crippen molar-refractivity contribution < 1.29 is 0 Å². The average Bonchev–Trinajstić information content (AvgIpc) is 1.85. The van der Waals surface area contributed by atoms with Crippen LogP contribution < -0.4 is 11.1 Å². The maximum Gasteiger partial charge on any atom is 0.0443 e. The molecule has 3 N–H and O–H groups in total. The zero-order valence-corrected chi connectivity index (χ0v) is 9.11. The minimum absolute atomic E-state index is 0.757. The lowest BCUT2D eigenvalue weighted by Crippen LogP contribution is -2.26. The largest absolute Gasteiger partial charge is 0.329 e. The maximum absolute atomic E-state index is 5.34. The molecular formula is C8H22N2Si. The summed E-state index contributed by atoms with van der Waals surface area (Å²) in [5, 5.41) is 3.30. The van der Waals surface area contributed by atoms with E-state index in [2.05, 4.69) is 25.0 Å². The Balaban J connectivity index is 3.02. The quantitative estimate of drug-likeness (QED) is 0.470. The van der Waals surface area contributed by atoms with Gasteiger partial charge in [0.1, 0.15) is 0 Å². The van der Waals surface area contributed by atoms with Gasteiger partial charge in [0.15, 0.2) is 0 Å². The fourth-order valence-corrected chi connectivity index (χ4v) is 2.21. The fourth-order valence-electron chi connectivity index (χ4n) is 0.971. The molecule has 0 aromatic heterocycles. The fraction of sp³-hybridized carbons (Fsp3) is 1.00. The Morgan fingerprint density at radius 3 is 2.27 bits per heavy atom. The summed E-state index contributed by atoms with van der Waals surface area (Å²) in [7, 11) is -0.789. The van der Waals surface area contributed by atoms with Crippen LogP contribution in [0.2, 0.25) is 25.7 Å². The van der Waals surface area contributed by atoms with Gasteiger partial charge < -0.3 is 11.1 Å². The van der Waals surface area contributed by atoms with Crippen molar-refractivity contribution in [1.29, 1.82) is 0 Å². The normalized spacial score (nSPS) is 12.0. The van der Waals surface area contributed by atoms with Crippen LogP contribution in [0.1, 0.15) is 6.42 Å². The van der Waals surface area contributed by atoms with Crippen LogP contribution in [0.25, 0.3) is 0 Å². The van der Waals surface area contributed by atoms with Gasteiger partial charge in [-0.15, -0.1) is 0 Å². The standard InChI is InChI=1S/C8H22N2Si/c1-11(2,3)8-4-6-10-7-5-9/h10H,4-9H2,1-3H3. The molecule has 0 radical (unpaired) electrons. The van der Waals surface area contributed by atoms with Crippen LogP contribution in [0, 0.1) is 0 Å². The van der Waals surface area contributed by atoms with Crippen molar-refractivity contribution in [2.24, 2.45) is 5.73 Å². The van der Waals surface area contributed by atoms with E-state index in [0.717, 1.165) is 19.6 Å². The maximum atomic E-state index is 5.34. The molecule has 0 amide bonds. The smallest absolute Gasteiger partial charge is 0.0443 e. The van der Waals surface area contributed by atoms with Crippen LogP contribution in [-0.4, -0.2) is 27.7 Å². The Kier molecular flexibility index (Phi) is 5.82. The second-order valence-electron chi connectivity index (χ2n) is 4.20. The highest BCUT2D eigenvalue weighted by Crippen LogP contribution is 2.09. The van der Waals surface area contributed by atoms with E-state index in [0.29, 0.717) is 0 Å². The molecule has 0 spiro atoms. The number of nitrogens with one attached hydrogen (secondary N) is 1. The summed E-state index contributed by atoms with van der Waals surface area (Å²) >= 11 is 0. The monoisotopic (exact) mass is 174 g/mol. The van der Waals surface area contributed by atoms with E-state index in [9.17, 15) is 0 Å². The van der Waals surface area contributed by atoms with Crippen molar-refractivity contribution in [3.63, 3.8) is 0 Å². The summed E-state index contributed by atoms with van der Waals surface area (Å²) in [6.07, 6.45) is 1.32. The van der Waals surface area contributed by atoms with Gasteiger partial charge in [0.2, 0.25) is 0 Å². The Bertz CT molecular complexity index is 88.6. The molecule has 0 aliphatic heterocycles. The van der Waals surface area contributed by atoms with Crippen LogP contribution in [0.5, 0.6) is 0 Å². The molecule has 11 heavy (non-hydrogen) atoms. The van der Waals surface area contributed by atoms with E-state index in [1.165, 1.54) is 12.5 Å². The number of hydrogen-bond donors (Lipinski definition) is 2. The van der Waals surface area contributed by atoms with Crippen molar-refractivity contribution in [3.05, 3.63) is 0 Å². The number of rotatable bonds is 6. The zero-order chi connectivity index (χ0) is 8.74. The molecule has 0 atom stereocenters. The third kappa shape index (κ3) is 10.1. The first kappa shape index (κ1) is 11.1. The van der Waals surface area contributed by atoms with Crippen molar-refractivity contribution in [1.82, 2.24) is 5.32 Å². The molecule has 0 bridgehead atoms. The first-order valence-corrected chi connectivity index (χ1v) is 8.18. The number of hydrogen-bond acceptors (Lipinski definition) is 2. The van der Waals surface area contributed by atoms with Gasteiger partial charge in [0, 0.05) is 21.2 Å². The number of nitrogens with two attached hydrogens (primary N) is 1. The summed E-state index contributed by atoms with van der Waals surface area (Å²) in [4.78, 5) is 0. The first-order chi connectivity index (χ1) is 5.06. The molecule has 0 unspecified atom stereocenters. The molecule has 0 saturated heterocycles. The Hall–Kier alpha value is 0.137. The molecule has 2 nitrogen and oxygen atoms in total. The van der Waals surface area contributed by atoms with Gasteiger partial charge >= 0.3 is 0 Å². The van der Waals surface area contributed by atoms with E-state index >= 15 is 0 Å². The lowest BCUT2D eigenvalue weighted by atomic mass is 10.5. The van der Waals surface area contributed by atoms with E-state index in [-0.39, 0.29) is 0 Å². The molecule has 0 heterocycles. The van der Waals surface area contributed by atoms with Crippen molar-refractivity contribution in [3.8, 4) is 0 Å². The molecule has 0 saturated carbocycles. The van der Waals surface area contributed by atoms with Gasteiger partial charge in [-0.05, 0) is 13.0 Å². The van der Waals surface area contributed by atoms with Crippen molar-refractivity contribution in [2.75, 3.05) is 19.6 Å². The second kappa shape index (κ2) is 5.74. The molecule has 0 aliphatic carbocycles. The zero-order valence-electron chi connectivity index (χ0n) is 8.11. The van der Waals surface area contributed by atoms with Crippen LogP contribution in [0.15, 0.2) is 0 Å². The minimum Gasteiger partial charge on any atom is -0.329 e. The van der Waals surface area contributed by atoms with Crippen LogP contribution in [0.3, 0.4) is 0 Å². The summed E-state index contributed by atoms with van der Waals surface area (Å²) in [5.74, 6) is 0. The van der Waals surface area contributed by atoms with Crippen LogP contribution in [0.4, 0.5) is 0 Å². The lowest BCUT2D eigenvalue weighted by molar-refractivity contribution is 0.675. The lowest BCUT2D eigenvalue weighted by Gasteiger charge is -2.15. The van der Waals surface area contributed by atoms with Gasteiger partial charge in [-0.25, -0.2) is 0 Å². The van der Waals surface area contributed by atoms with E-state index < -0.39 is 8.07 Å². The Morgan fingerprint density at radius 1 is 1.18 bits per heavy atom. The van der Waals surface area contributed by atoms with Crippen LogP contribution in [-0.2, 0) is 0 Å². The van der Waals surface area contributed by atoms with Gasteiger partial charge in [0.25, 0.3) is 0 Å². The molecule has 3 heteroatoms. The van der Waals surface area contributed by atoms with E-state index in [4.69, 9.17) is 5.73 Å². The van der Waals surface area contributed by atoms with Crippen molar-refractivity contribution in [2.45, 2.75) is 32.1 Å². The van der Waals surface area contributed by atoms with E-state index in [1.54, 1.807) is 0 Å². The third-order valence-corrected chi connectivity index (χ3v) is 3.45. The van der Waals surface area contributed by atoms with Gasteiger partial charge in [-0.3, -0.25) is 0 Å².